The molecule has 0 aromatic heterocycles. The quantitative estimate of drug-likeness (QED) is 0.600. The molecule has 0 aromatic rings. The summed E-state index contributed by atoms with van der Waals surface area (Å²) in [4.78, 5) is 0. The van der Waals surface area contributed by atoms with Crippen LogP contribution in [-0.4, -0.2) is 38.5 Å². The highest BCUT2D eigenvalue weighted by Crippen LogP contribution is 2.15. The third kappa shape index (κ3) is 10.7. The Morgan fingerprint density at radius 2 is 1.82 bits per heavy atom. The van der Waals surface area contributed by atoms with Crippen LogP contribution in [0.5, 0.6) is 0 Å². The molecule has 0 spiro atoms. The van der Waals surface area contributed by atoms with Gasteiger partial charge in [0.1, 0.15) is 0 Å². The lowest BCUT2D eigenvalue weighted by Crippen LogP contribution is -2.36. The van der Waals surface area contributed by atoms with Crippen LogP contribution in [-0.2, 0) is 9.47 Å². The van der Waals surface area contributed by atoms with E-state index >= 15 is 0 Å². The highest BCUT2D eigenvalue weighted by atomic mass is 16.5. The number of rotatable bonds is 10. The zero-order valence-electron chi connectivity index (χ0n) is 12.5. The Bertz CT molecular complexity index is 181. The van der Waals surface area contributed by atoms with Crippen LogP contribution < -0.4 is 5.32 Å². The van der Waals surface area contributed by atoms with E-state index in [4.69, 9.17) is 9.47 Å². The average molecular weight is 245 g/mol. The van der Waals surface area contributed by atoms with E-state index in [2.05, 4.69) is 39.9 Å². The van der Waals surface area contributed by atoms with E-state index < -0.39 is 0 Å². The van der Waals surface area contributed by atoms with Gasteiger partial charge in [-0.3, -0.25) is 0 Å². The summed E-state index contributed by atoms with van der Waals surface area (Å²) in [6.45, 7) is 13.5. The van der Waals surface area contributed by atoms with Gasteiger partial charge < -0.3 is 14.8 Å². The van der Waals surface area contributed by atoms with Crippen molar-refractivity contribution < 1.29 is 9.47 Å². The summed E-state index contributed by atoms with van der Waals surface area (Å²) >= 11 is 0. The normalized spacial score (nSPS) is 14.3. The first-order chi connectivity index (χ1) is 7.87. The molecule has 3 heteroatoms. The molecule has 0 saturated heterocycles. The first-order valence-electron chi connectivity index (χ1n) is 6.73. The van der Waals surface area contributed by atoms with Gasteiger partial charge in [-0.25, -0.2) is 0 Å². The molecule has 0 fully saturated rings. The molecule has 0 heterocycles. The van der Waals surface area contributed by atoms with E-state index in [9.17, 15) is 0 Å². The van der Waals surface area contributed by atoms with Crippen LogP contribution in [0, 0.1) is 5.92 Å². The molecule has 1 unspecified atom stereocenters. The minimum atomic E-state index is -0.0411. The number of hydrogen-bond donors (Lipinski definition) is 1. The van der Waals surface area contributed by atoms with Crippen LogP contribution in [0.25, 0.3) is 0 Å². The van der Waals surface area contributed by atoms with Crippen LogP contribution in [0.3, 0.4) is 0 Å². The van der Waals surface area contributed by atoms with Gasteiger partial charge in [0.05, 0.1) is 5.60 Å². The minimum absolute atomic E-state index is 0.0411. The van der Waals surface area contributed by atoms with Gasteiger partial charge in [-0.15, -0.1) is 0 Å². The molecule has 0 bridgehead atoms. The SMILES string of the molecule is COC(C)(C)CC(C)NCCCOCC(C)C. The van der Waals surface area contributed by atoms with Crippen LogP contribution in [0.1, 0.15) is 47.5 Å². The number of methoxy groups -OCH3 is 1. The molecular formula is C14H31NO2. The molecule has 0 radical (unpaired) electrons. The summed E-state index contributed by atoms with van der Waals surface area (Å²) in [6, 6.07) is 0.482. The summed E-state index contributed by atoms with van der Waals surface area (Å²) in [5, 5.41) is 3.50. The van der Waals surface area contributed by atoms with E-state index in [1.165, 1.54) is 0 Å². The maximum absolute atomic E-state index is 5.53. The standard InChI is InChI=1S/C14H31NO2/c1-12(2)11-17-9-7-8-15-13(3)10-14(4,5)16-6/h12-13,15H,7-11H2,1-6H3. The van der Waals surface area contributed by atoms with Gasteiger partial charge in [0.25, 0.3) is 0 Å². The number of nitrogens with one attached hydrogen (secondary N) is 1. The summed E-state index contributed by atoms with van der Waals surface area (Å²) in [6.07, 6.45) is 2.10. The van der Waals surface area contributed by atoms with Gasteiger partial charge >= 0.3 is 0 Å². The van der Waals surface area contributed by atoms with Crippen molar-refractivity contribution in [3.63, 3.8) is 0 Å². The summed E-state index contributed by atoms with van der Waals surface area (Å²) in [5.41, 5.74) is -0.0411. The first kappa shape index (κ1) is 16.9. The van der Waals surface area contributed by atoms with E-state index in [-0.39, 0.29) is 5.60 Å². The van der Waals surface area contributed by atoms with Crippen molar-refractivity contribution in [2.75, 3.05) is 26.9 Å². The Hall–Kier alpha value is -0.120. The van der Waals surface area contributed by atoms with E-state index in [0.29, 0.717) is 12.0 Å². The lowest BCUT2D eigenvalue weighted by atomic mass is 10.00. The van der Waals surface area contributed by atoms with Gasteiger partial charge in [0.2, 0.25) is 0 Å². The van der Waals surface area contributed by atoms with Gasteiger partial charge in [0.15, 0.2) is 0 Å². The smallest absolute Gasteiger partial charge is 0.0637 e. The van der Waals surface area contributed by atoms with Crippen molar-refractivity contribution in [3.05, 3.63) is 0 Å². The van der Waals surface area contributed by atoms with Gasteiger partial charge in [-0.2, -0.15) is 0 Å². The predicted octanol–water partition coefficient (Wildman–Crippen LogP) is 2.84. The second kappa shape index (κ2) is 8.90. The molecule has 104 valence electrons. The molecule has 0 saturated carbocycles. The lowest BCUT2D eigenvalue weighted by molar-refractivity contribution is 0.00840. The highest BCUT2D eigenvalue weighted by Gasteiger charge is 2.19. The van der Waals surface area contributed by atoms with E-state index in [1.54, 1.807) is 7.11 Å². The molecular weight excluding hydrogens is 214 g/mol. The predicted molar refractivity (Wildman–Crippen MR) is 73.4 cm³/mol. The maximum Gasteiger partial charge on any atom is 0.0637 e. The maximum atomic E-state index is 5.53. The van der Waals surface area contributed by atoms with Gasteiger partial charge in [0, 0.05) is 26.4 Å². The summed E-state index contributed by atoms with van der Waals surface area (Å²) < 4.78 is 10.9. The topological polar surface area (TPSA) is 30.5 Å². The second-order valence-corrected chi connectivity index (χ2v) is 5.85. The molecule has 0 rings (SSSR count). The zero-order valence-corrected chi connectivity index (χ0v) is 12.5. The highest BCUT2D eigenvalue weighted by molar-refractivity contribution is 4.75. The van der Waals surface area contributed by atoms with Crippen LogP contribution >= 0.6 is 0 Å². The minimum Gasteiger partial charge on any atom is -0.381 e. The molecule has 1 atom stereocenters. The Morgan fingerprint density at radius 1 is 1.18 bits per heavy atom. The molecule has 3 nitrogen and oxygen atoms in total. The van der Waals surface area contributed by atoms with E-state index in [1.807, 2.05) is 0 Å². The van der Waals surface area contributed by atoms with Crippen LogP contribution in [0.15, 0.2) is 0 Å². The van der Waals surface area contributed by atoms with Crippen molar-refractivity contribution in [1.82, 2.24) is 5.32 Å². The van der Waals surface area contributed by atoms with Crippen LogP contribution in [0.4, 0.5) is 0 Å². The molecule has 0 aliphatic heterocycles. The fourth-order valence-electron chi connectivity index (χ4n) is 1.73. The molecule has 0 amide bonds. The largest absolute Gasteiger partial charge is 0.381 e. The Kier molecular flexibility index (Phi) is 8.83. The van der Waals surface area contributed by atoms with Crippen LogP contribution in [0.2, 0.25) is 0 Å². The zero-order chi connectivity index (χ0) is 13.3. The fraction of sp³-hybridized carbons (Fsp3) is 1.00. The third-order valence-electron chi connectivity index (χ3n) is 2.76. The Morgan fingerprint density at radius 3 is 2.35 bits per heavy atom. The van der Waals surface area contributed by atoms with Crippen molar-refractivity contribution >= 4 is 0 Å². The summed E-state index contributed by atoms with van der Waals surface area (Å²) in [7, 11) is 1.77. The van der Waals surface area contributed by atoms with Gasteiger partial charge in [-0.05, 0) is 46.1 Å². The van der Waals surface area contributed by atoms with Crippen molar-refractivity contribution in [2.45, 2.75) is 59.1 Å². The first-order valence-corrected chi connectivity index (χ1v) is 6.73. The Balaban J connectivity index is 3.42. The average Bonchev–Trinajstić information content (AvgIpc) is 2.22. The third-order valence-corrected chi connectivity index (χ3v) is 2.76. The van der Waals surface area contributed by atoms with Crippen molar-refractivity contribution in [2.24, 2.45) is 5.92 Å². The summed E-state index contributed by atoms with van der Waals surface area (Å²) in [5.74, 6) is 0.629. The van der Waals surface area contributed by atoms with Crippen molar-refractivity contribution in [3.8, 4) is 0 Å². The van der Waals surface area contributed by atoms with E-state index in [0.717, 1.165) is 32.6 Å². The molecule has 17 heavy (non-hydrogen) atoms. The molecule has 0 aromatic carbocycles. The molecule has 0 aliphatic rings. The monoisotopic (exact) mass is 245 g/mol. The lowest BCUT2D eigenvalue weighted by Gasteiger charge is -2.27. The van der Waals surface area contributed by atoms with Crippen molar-refractivity contribution in [1.29, 1.82) is 0 Å². The molecule has 0 aliphatic carbocycles. The Labute approximate surface area is 107 Å². The van der Waals surface area contributed by atoms with Gasteiger partial charge in [-0.1, -0.05) is 13.8 Å². The number of ether oxygens (including phenoxy) is 2. The number of hydrogen-bond acceptors (Lipinski definition) is 3. The fourth-order valence-corrected chi connectivity index (χ4v) is 1.73. The second-order valence-electron chi connectivity index (χ2n) is 5.85. The molecule has 1 N–H and O–H groups in total.